The van der Waals surface area contributed by atoms with E-state index in [1.165, 1.54) is 0 Å². The average Bonchev–Trinajstić information content (AvgIpc) is 3.13. The van der Waals surface area contributed by atoms with E-state index in [2.05, 4.69) is 30.4 Å². The Morgan fingerprint density at radius 3 is 2.33 bits per heavy atom. The van der Waals surface area contributed by atoms with E-state index in [-0.39, 0.29) is 17.8 Å². The van der Waals surface area contributed by atoms with Gasteiger partial charge in [-0.15, -0.1) is 26.3 Å². The van der Waals surface area contributed by atoms with Crippen molar-refractivity contribution in [3.05, 3.63) is 52.8 Å². The standard InChI is InChI=1S/C18H13ClF6N4O4/c19-10-5-8(1-4-13(10)33-18(23,24)25)14(29-15(30)12-7-27-16(31)28-12)11-3-2-9(6-26-11)32-17(20,21)22/h1-6,12,14H,7H2,(H,29,30)(H2,27,28,31)/t12-,14+/m0/s1. The van der Waals surface area contributed by atoms with Crippen molar-refractivity contribution in [3.8, 4) is 11.5 Å². The Kier molecular flexibility index (Phi) is 6.76. The van der Waals surface area contributed by atoms with Gasteiger partial charge in [0, 0.05) is 6.54 Å². The molecule has 2 aromatic rings. The minimum absolute atomic E-state index is 0.00992. The van der Waals surface area contributed by atoms with Crippen LogP contribution in [0.3, 0.4) is 0 Å². The maximum absolute atomic E-state index is 12.6. The molecule has 2 atom stereocenters. The number of halogens is 7. The molecule has 0 unspecified atom stereocenters. The van der Waals surface area contributed by atoms with Crippen LogP contribution in [0.15, 0.2) is 36.5 Å². The summed E-state index contributed by atoms with van der Waals surface area (Å²) < 4.78 is 82.2. The summed E-state index contributed by atoms with van der Waals surface area (Å²) in [6.07, 6.45) is -9.20. The summed E-state index contributed by atoms with van der Waals surface area (Å²) in [5.74, 6) is -2.02. The highest BCUT2D eigenvalue weighted by atomic mass is 35.5. The van der Waals surface area contributed by atoms with Gasteiger partial charge in [0.25, 0.3) is 0 Å². The first-order valence-electron chi connectivity index (χ1n) is 8.92. The molecule has 3 N–H and O–H groups in total. The molecule has 0 aliphatic carbocycles. The van der Waals surface area contributed by atoms with Crippen LogP contribution < -0.4 is 25.4 Å². The van der Waals surface area contributed by atoms with E-state index in [9.17, 15) is 35.9 Å². The number of nitrogens with zero attached hydrogens (tertiary/aromatic N) is 1. The summed E-state index contributed by atoms with van der Waals surface area (Å²) in [4.78, 5) is 27.7. The lowest BCUT2D eigenvalue weighted by Gasteiger charge is -2.22. The molecular weight excluding hydrogens is 486 g/mol. The Bertz CT molecular complexity index is 1030. The monoisotopic (exact) mass is 498 g/mol. The lowest BCUT2D eigenvalue weighted by atomic mass is 10.0. The van der Waals surface area contributed by atoms with Crippen LogP contribution in [0.4, 0.5) is 31.1 Å². The first kappa shape index (κ1) is 24.2. The van der Waals surface area contributed by atoms with E-state index < -0.39 is 53.3 Å². The maximum Gasteiger partial charge on any atom is 0.573 e. The van der Waals surface area contributed by atoms with Gasteiger partial charge in [-0.1, -0.05) is 17.7 Å². The Balaban J connectivity index is 1.91. The molecule has 1 saturated heterocycles. The van der Waals surface area contributed by atoms with Gasteiger partial charge in [-0.05, 0) is 29.8 Å². The van der Waals surface area contributed by atoms with Gasteiger partial charge in [0.15, 0.2) is 0 Å². The minimum atomic E-state index is -5.00. The Morgan fingerprint density at radius 2 is 1.82 bits per heavy atom. The fraction of sp³-hybridized carbons (Fsp3) is 0.278. The van der Waals surface area contributed by atoms with Gasteiger partial charge in [-0.25, -0.2) is 4.79 Å². The number of carbonyl (C=O) groups excluding carboxylic acids is 2. The van der Waals surface area contributed by atoms with Crippen molar-refractivity contribution in [1.82, 2.24) is 20.9 Å². The summed E-state index contributed by atoms with van der Waals surface area (Å²) in [6, 6.07) is 2.47. The molecule has 1 aromatic carbocycles. The number of urea groups is 1. The van der Waals surface area contributed by atoms with Crippen LogP contribution in [0.25, 0.3) is 0 Å². The molecule has 1 aliphatic rings. The van der Waals surface area contributed by atoms with Crippen molar-refractivity contribution in [2.24, 2.45) is 0 Å². The van der Waals surface area contributed by atoms with Crippen LogP contribution in [-0.4, -0.2) is 42.2 Å². The van der Waals surface area contributed by atoms with Gasteiger partial charge >= 0.3 is 18.8 Å². The van der Waals surface area contributed by atoms with E-state index in [0.717, 1.165) is 36.5 Å². The van der Waals surface area contributed by atoms with Crippen LogP contribution >= 0.6 is 11.6 Å². The number of rotatable bonds is 6. The van der Waals surface area contributed by atoms with Crippen molar-refractivity contribution >= 4 is 23.5 Å². The van der Waals surface area contributed by atoms with E-state index in [1.807, 2.05) is 0 Å². The number of alkyl halides is 6. The van der Waals surface area contributed by atoms with Crippen molar-refractivity contribution in [3.63, 3.8) is 0 Å². The Hall–Kier alpha value is -3.42. The highest BCUT2D eigenvalue weighted by molar-refractivity contribution is 6.32. The molecule has 3 amide bonds. The first-order chi connectivity index (χ1) is 15.3. The van der Waals surface area contributed by atoms with Gasteiger partial charge < -0.3 is 25.4 Å². The van der Waals surface area contributed by atoms with Crippen molar-refractivity contribution in [1.29, 1.82) is 0 Å². The molecule has 0 bridgehead atoms. The molecule has 1 fully saturated rings. The van der Waals surface area contributed by atoms with Gasteiger partial charge in [-0.3, -0.25) is 9.78 Å². The fourth-order valence-corrected chi connectivity index (χ4v) is 3.07. The summed E-state index contributed by atoms with van der Waals surface area (Å²) in [5.41, 5.74) is 0.146. The minimum Gasteiger partial charge on any atom is -0.404 e. The van der Waals surface area contributed by atoms with E-state index in [4.69, 9.17) is 11.6 Å². The predicted molar refractivity (Wildman–Crippen MR) is 99.4 cm³/mol. The number of aromatic nitrogens is 1. The van der Waals surface area contributed by atoms with Crippen molar-refractivity contribution in [2.45, 2.75) is 24.8 Å². The third-order valence-corrected chi connectivity index (χ3v) is 4.47. The summed E-state index contributed by atoms with van der Waals surface area (Å²) in [7, 11) is 0. The quantitative estimate of drug-likeness (QED) is 0.530. The third-order valence-electron chi connectivity index (χ3n) is 4.18. The van der Waals surface area contributed by atoms with Gasteiger partial charge in [0.1, 0.15) is 17.5 Å². The van der Waals surface area contributed by atoms with Crippen LogP contribution in [0.1, 0.15) is 17.3 Å². The zero-order chi connectivity index (χ0) is 24.4. The van der Waals surface area contributed by atoms with Gasteiger partial charge in [-0.2, -0.15) is 0 Å². The Labute approximate surface area is 186 Å². The lowest BCUT2D eigenvalue weighted by Crippen LogP contribution is -2.44. The molecule has 0 radical (unpaired) electrons. The SMILES string of the molecule is O=C1NC[C@@H](C(=O)N[C@H](c2ccc(OC(F)(F)F)c(Cl)c2)c2ccc(OC(F)(F)F)cn2)N1. The molecule has 15 heteroatoms. The van der Waals surface area contributed by atoms with E-state index in [1.54, 1.807) is 0 Å². The molecule has 1 aromatic heterocycles. The highest BCUT2D eigenvalue weighted by Crippen LogP contribution is 2.34. The second-order valence-electron chi connectivity index (χ2n) is 6.55. The molecular formula is C18H13ClF6N4O4. The summed E-state index contributed by atoms with van der Waals surface area (Å²) >= 11 is 5.88. The third kappa shape index (κ3) is 6.78. The van der Waals surface area contributed by atoms with Crippen LogP contribution in [0, 0.1) is 0 Å². The van der Waals surface area contributed by atoms with Crippen LogP contribution in [0.5, 0.6) is 11.5 Å². The van der Waals surface area contributed by atoms with E-state index >= 15 is 0 Å². The normalized spacial score (nSPS) is 17.1. The number of pyridine rings is 1. The van der Waals surface area contributed by atoms with E-state index in [0.29, 0.717) is 0 Å². The Morgan fingerprint density at radius 1 is 1.12 bits per heavy atom. The van der Waals surface area contributed by atoms with Gasteiger partial charge in [0.2, 0.25) is 5.91 Å². The summed E-state index contributed by atoms with van der Waals surface area (Å²) in [6.45, 7) is -0.0394. The number of hydrogen-bond donors (Lipinski definition) is 3. The molecule has 0 saturated carbocycles. The zero-order valence-electron chi connectivity index (χ0n) is 16.1. The molecule has 1 aliphatic heterocycles. The van der Waals surface area contributed by atoms with Crippen LogP contribution in [0.2, 0.25) is 5.02 Å². The molecule has 3 rings (SSSR count). The number of benzene rings is 1. The highest BCUT2D eigenvalue weighted by Gasteiger charge is 2.34. The fourth-order valence-electron chi connectivity index (χ4n) is 2.84. The zero-order valence-corrected chi connectivity index (χ0v) is 16.8. The maximum atomic E-state index is 12.6. The average molecular weight is 499 g/mol. The number of carbonyl (C=O) groups is 2. The topological polar surface area (TPSA) is 102 Å². The first-order valence-corrected chi connectivity index (χ1v) is 9.30. The number of ether oxygens (including phenoxy) is 2. The van der Waals surface area contributed by atoms with Crippen LogP contribution in [-0.2, 0) is 4.79 Å². The van der Waals surface area contributed by atoms with Gasteiger partial charge in [0.05, 0.1) is 23.0 Å². The number of nitrogens with one attached hydrogen (secondary N) is 3. The van der Waals surface area contributed by atoms with Crippen molar-refractivity contribution < 1.29 is 45.4 Å². The summed E-state index contributed by atoms with van der Waals surface area (Å²) in [5, 5.41) is 6.81. The molecule has 2 heterocycles. The molecule has 8 nitrogen and oxygen atoms in total. The number of hydrogen-bond acceptors (Lipinski definition) is 5. The van der Waals surface area contributed by atoms with Crippen molar-refractivity contribution in [2.75, 3.05) is 6.54 Å². The smallest absolute Gasteiger partial charge is 0.404 e. The molecule has 33 heavy (non-hydrogen) atoms. The molecule has 0 spiro atoms. The second-order valence-corrected chi connectivity index (χ2v) is 6.96. The number of amides is 3. The second kappa shape index (κ2) is 9.21. The lowest BCUT2D eigenvalue weighted by molar-refractivity contribution is -0.275. The molecule has 178 valence electrons. The largest absolute Gasteiger partial charge is 0.573 e. The predicted octanol–water partition coefficient (Wildman–Crippen LogP) is 3.42.